The lowest BCUT2D eigenvalue weighted by atomic mass is 10.1. The zero-order valence-electron chi connectivity index (χ0n) is 9.65. The SMILES string of the molecule is C=CCC(C)NCc1cccc([N+](=O)[O-])c1F. The molecule has 0 radical (unpaired) electrons. The van der Waals surface area contributed by atoms with E-state index in [4.69, 9.17) is 0 Å². The highest BCUT2D eigenvalue weighted by molar-refractivity contribution is 5.36. The van der Waals surface area contributed by atoms with Gasteiger partial charge in [0.1, 0.15) is 0 Å². The third-order valence-corrected chi connectivity index (χ3v) is 2.42. The molecule has 0 bridgehead atoms. The van der Waals surface area contributed by atoms with E-state index in [2.05, 4.69) is 11.9 Å². The van der Waals surface area contributed by atoms with E-state index in [1.165, 1.54) is 12.1 Å². The maximum Gasteiger partial charge on any atom is 0.305 e. The summed E-state index contributed by atoms with van der Waals surface area (Å²) in [5, 5.41) is 13.6. The van der Waals surface area contributed by atoms with Crippen molar-refractivity contribution >= 4 is 5.69 Å². The van der Waals surface area contributed by atoms with Gasteiger partial charge in [-0.05, 0) is 13.3 Å². The lowest BCUT2D eigenvalue weighted by Crippen LogP contribution is -2.25. The summed E-state index contributed by atoms with van der Waals surface area (Å²) in [5.74, 6) is -0.768. The summed E-state index contributed by atoms with van der Waals surface area (Å²) in [4.78, 5) is 9.83. The van der Waals surface area contributed by atoms with E-state index in [9.17, 15) is 14.5 Å². The molecular weight excluding hydrogens is 223 g/mol. The number of nitrogens with zero attached hydrogens (tertiary/aromatic N) is 1. The van der Waals surface area contributed by atoms with Crippen LogP contribution < -0.4 is 5.32 Å². The molecule has 1 rings (SSSR count). The molecule has 17 heavy (non-hydrogen) atoms. The second-order valence-electron chi connectivity index (χ2n) is 3.81. The first-order valence-electron chi connectivity index (χ1n) is 5.32. The number of hydrogen-bond acceptors (Lipinski definition) is 3. The molecule has 0 amide bonds. The number of nitro groups is 1. The van der Waals surface area contributed by atoms with E-state index in [0.29, 0.717) is 5.56 Å². The Labute approximate surface area is 99.3 Å². The molecule has 1 aromatic carbocycles. The van der Waals surface area contributed by atoms with Gasteiger partial charge in [-0.1, -0.05) is 18.2 Å². The van der Waals surface area contributed by atoms with Gasteiger partial charge in [-0.2, -0.15) is 4.39 Å². The van der Waals surface area contributed by atoms with Crippen LogP contribution in [0.3, 0.4) is 0 Å². The maximum atomic E-state index is 13.7. The summed E-state index contributed by atoms with van der Waals surface area (Å²) in [6, 6.07) is 4.34. The van der Waals surface area contributed by atoms with Gasteiger partial charge in [-0.25, -0.2) is 0 Å². The summed E-state index contributed by atoms with van der Waals surface area (Å²) in [7, 11) is 0. The first-order chi connectivity index (χ1) is 8.06. The van der Waals surface area contributed by atoms with Crippen LogP contribution in [0.5, 0.6) is 0 Å². The lowest BCUT2D eigenvalue weighted by molar-refractivity contribution is -0.387. The van der Waals surface area contributed by atoms with Crippen molar-refractivity contribution in [3.8, 4) is 0 Å². The highest BCUT2D eigenvalue weighted by Gasteiger charge is 2.16. The van der Waals surface area contributed by atoms with E-state index < -0.39 is 16.4 Å². The minimum Gasteiger partial charge on any atom is -0.310 e. The topological polar surface area (TPSA) is 55.2 Å². The molecule has 1 aromatic rings. The average molecular weight is 238 g/mol. The van der Waals surface area contributed by atoms with Crippen molar-refractivity contribution < 1.29 is 9.31 Å². The second-order valence-corrected chi connectivity index (χ2v) is 3.81. The molecule has 1 N–H and O–H groups in total. The quantitative estimate of drug-likeness (QED) is 0.471. The number of nitro benzene ring substituents is 1. The molecule has 0 aromatic heterocycles. The number of rotatable bonds is 6. The standard InChI is InChI=1S/C12H15FN2O2/c1-3-5-9(2)14-8-10-6-4-7-11(12(10)13)15(16)17/h3-4,6-7,9,14H,1,5,8H2,2H3. The molecule has 92 valence electrons. The Balaban J connectivity index is 2.75. The number of nitrogens with one attached hydrogen (secondary N) is 1. The Hall–Kier alpha value is -1.75. The van der Waals surface area contributed by atoms with Crippen LogP contribution in [0.15, 0.2) is 30.9 Å². The monoisotopic (exact) mass is 238 g/mol. The van der Waals surface area contributed by atoms with Crippen LogP contribution in [0.25, 0.3) is 0 Å². The lowest BCUT2D eigenvalue weighted by Gasteiger charge is -2.11. The number of hydrogen-bond donors (Lipinski definition) is 1. The molecule has 4 nitrogen and oxygen atoms in total. The molecule has 0 saturated carbocycles. The Kier molecular flexibility index (Phi) is 4.78. The van der Waals surface area contributed by atoms with E-state index in [1.54, 1.807) is 6.08 Å². The van der Waals surface area contributed by atoms with Gasteiger partial charge in [0.15, 0.2) is 0 Å². The van der Waals surface area contributed by atoms with Crippen LogP contribution in [0, 0.1) is 15.9 Å². The zero-order chi connectivity index (χ0) is 12.8. The van der Waals surface area contributed by atoms with Crippen LogP contribution in [0.2, 0.25) is 0 Å². The van der Waals surface area contributed by atoms with Crippen LogP contribution in [0.4, 0.5) is 10.1 Å². The van der Waals surface area contributed by atoms with E-state index >= 15 is 0 Å². The molecule has 0 heterocycles. The average Bonchev–Trinajstić information content (AvgIpc) is 2.27. The van der Waals surface area contributed by atoms with Crippen molar-refractivity contribution in [1.29, 1.82) is 0 Å². The van der Waals surface area contributed by atoms with Gasteiger partial charge >= 0.3 is 5.69 Å². The molecule has 0 saturated heterocycles. The number of benzene rings is 1. The van der Waals surface area contributed by atoms with Gasteiger partial charge in [-0.3, -0.25) is 10.1 Å². The fourth-order valence-electron chi connectivity index (χ4n) is 1.46. The molecule has 0 fully saturated rings. The Bertz CT molecular complexity index is 421. The van der Waals surface area contributed by atoms with E-state index in [-0.39, 0.29) is 12.6 Å². The molecule has 0 aliphatic rings. The first kappa shape index (κ1) is 13.3. The fourth-order valence-corrected chi connectivity index (χ4v) is 1.46. The Morgan fingerprint density at radius 2 is 2.35 bits per heavy atom. The van der Waals surface area contributed by atoms with Crippen molar-refractivity contribution in [2.24, 2.45) is 0 Å². The van der Waals surface area contributed by atoms with Crippen LogP contribution in [0.1, 0.15) is 18.9 Å². The van der Waals surface area contributed by atoms with Crippen LogP contribution >= 0.6 is 0 Å². The van der Waals surface area contributed by atoms with E-state index in [0.717, 1.165) is 12.5 Å². The zero-order valence-corrected chi connectivity index (χ0v) is 9.65. The molecular formula is C12H15FN2O2. The summed E-state index contributed by atoms with van der Waals surface area (Å²) in [6.45, 7) is 5.81. The second kappa shape index (κ2) is 6.10. The van der Waals surface area contributed by atoms with Gasteiger partial charge in [-0.15, -0.1) is 6.58 Å². The van der Waals surface area contributed by atoms with Crippen molar-refractivity contribution in [3.05, 3.63) is 52.3 Å². The van der Waals surface area contributed by atoms with Gasteiger partial charge in [0, 0.05) is 24.2 Å². The Morgan fingerprint density at radius 3 is 2.94 bits per heavy atom. The molecule has 0 aliphatic carbocycles. The van der Waals surface area contributed by atoms with Crippen molar-refractivity contribution in [3.63, 3.8) is 0 Å². The highest BCUT2D eigenvalue weighted by Crippen LogP contribution is 2.20. The first-order valence-corrected chi connectivity index (χ1v) is 5.32. The minimum atomic E-state index is -0.768. The predicted molar refractivity (Wildman–Crippen MR) is 64.2 cm³/mol. The maximum absolute atomic E-state index is 13.7. The summed E-state index contributed by atoms with van der Waals surface area (Å²) < 4.78 is 13.7. The summed E-state index contributed by atoms with van der Waals surface area (Å²) in [5.41, 5.74) is -0.184. The highest BCUT2D eigenvalue weighted by atomic mass is 19.1. The van der Waals surface area contributed by atoms with Crippen LogP contribution in [-0.4, -0.2) is 11.0 Å². The predicted octanol–water partition coefficient (Wildman–Crippen LogP) is 2.79. The largest absolute Gasteiger partial charge is 0.310 e. The van der Waals surface area contributed by atoms with Crippen LogP contribution in [-0.2, 0) is 6.54 Å². The molecule has 1 atom stereocenters. The van der Waals surface area contributed by atoms with Crippen molar-refractivity contribution in [2.75, 3.05) is 0 Å². The normalized spacial score (nSPS) is 12.1. The smallest absolute Gasteiger partial charge is 0.305 e. The molecule has 5 heteroatoms. The van der Waals surface area contributed by atoms with Gasteiger partial charge in [0.25, 0.3) is 0 Å². The third-order valence-electron chi connectivity index (χ3n) is 2.42. The van der Waals surface area contributed by atoms with Gasteiger partial charge in [0.2, 0.25) is 5.82 Å². The van der Waals surface area contributed by atoms with Gasteiger partial charge < -0.3 is 5.32 Å². The van der Waals surface area contributed by atoms with Crippen molar-refractivity contribution in [2.45, 2.75) is 25.9 Å². The Morgan fingerprint density at radius 1 is 1.65 bits per heavy atom. The third kappa shape index (κ3) is 3.64. The molecule has 1 unspecified atom stereocenters. The van der Waals surface area contributed by atoms with Gasteiger partial charge in [0.05, 0.1) is 4.92 Å². The summed E-state index contributed by atoms with van der Waals surface area (Å²) in [6.07, 6.45) is 2.53. The van der Waals surface area contributed by atoms with E-state index in [1.807, 2.05) is 6.92 Å². The molecule has 0 aliphatic heterocycles. The summed E-state index contributed by atoms with van der Waals surface area (Å²) >= 11 is 0. The molecule has 0 spiro atoms. The number of halogens is 1. The minimum absolute atomic E-state index is 0.158. The van der Waals surface area contributed by atoms with Crippen molar-refractivity contribution in [1.82, 2.24) is 5.32 Å². The fraction of sp³-hybridized carbons (Fsp3) is 0.333.